The fourth-order valence-electron chi connectivity index (χ4n) is 2.90. The molecule has 2 aromatic heterocycles. The van der Waals surface area contributed by atoms with Crippen LogP contribution < -0.4 is 5.56 Å². The van der Waals surface area contributed by atoms with Gasteiger partial charge in [0, 0.05) is 38.8 Å². The van der Waals surface area contributed by atoms with Crippen molar-refractivity contribution >= 4 is 16.9 Å². The first kappa shape index (κ1) is 17.8. The molecule has 3 rings (SSSR count). The predicted octanol–water partition coefficient (Wildman–Crippen LogP) is 2.03. The van der Waals surface area contributed by atoms with Gasteiger partial charge in [0.25, 0.3) is 5.56 Å². The number of aryl methyl sites for hydroxylation is 2. The van der Waals surface area contributed by atoms with Crippen LogP contribution in [-0.2, 0) is 24.8 Å². The van der Waals surface area contributed by atoms with Gasteiger partial charge in [0.05, 0.1) is 17.6 Å². The number of nitrogens with zero attached hydrogens (tertiary/aromatic N) is 4. The lowest BCUT2D eigenvalue weighted by atomic mass is 10.2. The number of carbonyl (C=O) groups is 1. The van der Waals surface area contributed by atoms with Crippen LogP contribution in [0.1, 0.15) is 31.3 Å². The van der Waals surface area contributed by atoms with Gasteiger partial charge in [-0.3, -0.25) is 9.59 Å². The molecular weight excluding hydrogens is 330 g/mol. The number of benzene rings is 1. The summed E-state index contributed by atoms with van der Waals surface area (Å²) < 4.78 is 1.91. The molecule has 136 valence electrons. The Labute approximate surface area is 151 Å². The molecule has 0 aliphatic carbocycles. The van der Waals surface area contributed by atoms with Crippen LogP contribution in [-0.4, -0.2) is 36.9 Å². The van der Waals surface area contributed by atoms with E-state index >= 15 is 0 Å². The minimum atomic E-state index is -0.234. The second-order valence-corrected chi connectivity index (χ2v) is 6.30. The summed E-state index contributed by atoms with van der Waals surface area (Å²) in [5.41, 5.74) is 1.59. The molecule has 0 saturated heterocycles. The Morgan fingerprint density at radius 1 is 1.31 bits per heavy atom. The highest BCUT2D eigenvalue weighted by Crippen LogP contribution is 2.09. The summed E-state index contributed by atoms with van der Waals surface area (Å²) in [6, 6.07) is 7.39. The van der Waals surface area contributed by atoms with E-state index in [0.717, 1.165) is 17.8 Å². The standard InChI is InChI=1S/C19H23N5O2/c1-3-11-24(13-17-20-10-12-23(17)2)18(25)9-8-16-19(26)22-15-7-5-4-6-14(15)21-16/h4-7,10,12H,3,8-9,11,13H2,1-2H3,(H,22,26). The first-order valence-corrected chi connectivity index (χ1v) is 8.80. The Hall–Kier alpha value is -2.96. The Morgan fingerprint density at radius 2 is 2.12 bits per heavy atom. The summed E-state index contributed by atoms with van der Waals surface area (Å²) in [6.07, 6.45) is 5.02. The lowest BCUT2D eigenvalue weighted by molar-refractivity contribution is -0.132. The molecule has 0 saturated carbocycles. The van der Waals surface area contributed by atoms with Crippen LogP contribution in [0.5, 0.6) is 0 Å². The molecule has 7 heteroatoms. The number of fused-ring (bicyclic) bond motifs is 1. The van der Waals surface area contributed by atoms with Gasteiger partial charge in [-0.25, -0.2) is 9.97 Å². The zero-order chi connectivity index (χ0) is 18.5. The first-order chi connectivity index (χ1) is 12.6. The van der Waals surface area contributed by atoms with Crippen LogP contribution >= 0.6 is 0 Å². The molecule has 0 bridgehead atoms. The third-order valence-electron chi connectivity index (χ3n) is 4.34. The van der Waals surface area contributed by atoms with Crippen molar-refractivity contribution < 1.29 is 4.79 Å². The van der Waals surface area contributed by atoms with Crippen LogP contribution in [0.2, 0.25) is 0 Å². The zero-order valence-electron chi connectivity index (χ0n) is 15.1. The quantitative estimate of drug-likeness (QED) is 0.704. The number of nitrogens with one attached hydrogen (secondary N) is 1. The second kappa shape index (κ2) is 7.95. The normalized spacial score (nSPS) is 11.0. The summed E-state index contributed by atoms with van der Waals surface area (Å²) in [4.78, 5) is 38.2. The van der Waals surface area contributed by atoms with Crippen molar-refractivity contribution in [2.24, 2.45) is 7.05 Å². The lowest BCUT2D eigenvalue weighted by Crippen LogP contribution is -2.33. The fraction of sp³-hybridized carbons (Fsp3) is 0.368. The number of para-hydroxylation sites is 2. The van der Waals surface area contributed by atoms with Crippen LogP contribution in [0.25, 0.3) is 11.0 Å². The van der Waals surface area contributed by atoms with E-state index in [2.05, 4.69) is 15.0 Å². The van der Waals surface area contributed by atoms with Crippen LogP contribution in [0.3, 0.4) is 0 Å². The van der Waals surface area contributed by atoms with E-state index in [1.54, 1.807) is 11.1 Å². The lowest BCUT2D eigenvalue weighted by Gasteiger charge is -2.21. The molecule has 7 nitrogen and oxygen atoms in total. The van der Waals surface area contributed by atoms with E-state index in [1.807, 2.05) is 49.0 Å². The topological polar surface area (TPSA) is 83.9 Å². The summed E-state index contributed by atoms with van der Waals surface area (Å²) in [5, 5.41) is 0. The third-order valence-corrected chi connectivity index (χ3v) is 4.34. The number of H-pyrrole nitrogens is 1. The maximum atomic E-state index is 12.7. The molecule has 1 aromatic carbocycles. The highest BCUT2D eigenvalue weighted by molar-refractivity contribution is 5.77. The van der Waals surface area contributed by atoms with Crippen molar-refractivity contribution in [1.82, 2.24) is 24.4 Å². The van der Waals surface area contributed by atoms with Gasteiger partial charge in [-0.2, -0.15) is 0 Å². The molecular formula is C19H23N5O2. The number of hydrogen-bond acceptors (Lipinski definition) is 4. The molecule has 0 aliphatic heterocycles. The van der Waals surface area contributed by atoms with Crippen LogP contribution in [0.4, 0.5) is 0 Å². The summed E-state index contributed by atoms with van der Waals surface area (Å²) in [7, 11) is 1.91. The van der Waals surface area contributed by atoms with Crippen molar-refractivity contribution in [2.75, 3.05) is 6.54 Å². The second-order valence-electron chi connectivity index (χ2n) is 6.30. The maximum Gasteiger partial charge on any atom is 0.270 e. The zero-order valence-corrected chi connectivity index (χ0v) is 15.1. The van der Waals surface area contributed by atoms with Crippen molar-refractivity contribution in [3.8, 4) is 0 Å². The number of hydrogen-bond donors (Lipinski definition) is 1. The molecule has 0 unspecified atom stereocenters. The van der Waals surface area contributed by atoms with Gasteiger partial charge in [-0.15, -0.1) is 0 Å². The minimum Gasteiger partial charge on any atom is -0.337 e. The van der Waals surface area contributed by atoms with Crippen molar-refractivity contribution in [3.05, 3.63) is 58.5 Å². The summed E-state index contributed by atoms with van der Waals surface area (Å²) in [5.74, 6) is 0.845. The number of imidazole rings is 1. The largest absolute Gasteiger partial charge is 0.337 e. The van der Waals surface area contributed by atoms with Crippen molar-refractivity contribution in [1.29, 1.82) is 0 Å². The summed E-state index contributed by atoms with van der Waals surface area (Å²) in [6.45, 7) is 3.17. The number of aromatic amines is 1. The molecule has 26 heavy (non-hydrogen) atoms. The molecule has 0 spiro atoms. The number of rotatable bonds is 7. The number of aromatic nitrogens is 4. The SMILES string of the molecule is CCCN(Cc1nccn1C)C(=O)CCc1nc2ccccc2[nH]c1=O. The van der Waals surface area contributed by atoms with E-state index in [4.69, 9.17) is 0 Å². The Morgan fingerprint density at radius 3 is 2.85 bits per heavy atom. The van der Waals surface area contributed by atoms with Crippen LogP contribution in [0.15, 0.2) is 41.5 Å². The van der Waals surface area contributed by atoms with Gasteiger partial charge in [-0.05, 0) is 18.6 Å². The van der Waals surface area contributed by atoms with Crippen molar-refractivity contribution in [2.45, 2.75) is 32.7 Å². The van der Waals surface area contributed by atoms with Gasteiger partial charge in [0.15, 0.2) is 0 Å². The average molecular weight is 353 g/mol. The first-order valence-electron chi connectivity index (χ1n) is 8.80. The molecule has 0 atom stereocenters. The molecule has 2 heterocycles. The smallest absolute Gasteiger partial charge is 0.270 e. The highest BCUT2D eigenvalue weighted by atomic mass is 16.2. The summed E-state index contributed by atoms with van der Waals surface area (Å²) >= 11 is 0. The molecule has 0 fully saturated rings. The van der Waals surface area contributed by atoms with Gasteiger partial charge in [0.1, 0.15) is 11.5 Å². The number of carbonyl (C=O) groups excluding carboxylic acids is 1. The Bertz CT molecular complexity index is 960. The van der Waals surface area contributed by atoms with E-state index in [9.17, 15) is 9.59 Å². The van der Waals surface area contributed by atoms with E-state index in [0.29, 0.717) is 30.7 Å². The fourth-order valence-corrected chi connectivity index (χ4v) is 2.90. The molecule has 1 N–H and O–H groups in total. The van der Waals surface area contributed by atoms with Gasteiger partial charge in [-0.1, -0.05) is 19.1 Å². The third kappa shape index (κ3) is 3.99. The van der Waals surface area contributed by atoms with E-state index < -0.39 is 0 Å². The number of amides is 1. The molecule has 1 amide bonds. The van der Waals surface area contributed by atoms with Crippen molar-refractivity contribution in [3.63, 3.8) is 0 Å². The Kier molecular flexibility index (Phi) is 5.46. The monoisotopic (exact) mass is 353 g/mol. The predicted molar refractivity (Wildman–Crippen MR) is 99.6 cm³/mol. The van der Waals surface area contributed by atoms with Gasteiger partial charge < -0.3 is 14.5 Å². The maximum absolute atomic E-state index is 12.7. The molecule has 0 aliphatic rings. The van der Waals surface area contributed by atoms with E-state index in [1.165, 1.54) is 0 Å². The van der Waals surface area contributed by atoms with Gasteiger partial charge >= 0.3 is 0 Å². The van der Waals surface area contributed by atoms with Crippen LogP contribution in [0, 0.1) is 0 Å². The van der Waals surface area contributed by atoms with Gasteiger partial charge in [0.2, 0.25) is 5.91 Å². The molecule has 3 aromatic rings. The Balaban J connectivity index is 1.71. The average Bonchev–Trinajstić information content (AvgIpc) is 3.04. The van der Waals surface area contributed by atoms with E-state index in [-0.39, 0.29) is 17.9 Å². The molecule has 0 radical (unpaired) electrons. The minimum absolute atomic E-state index is 0.00390. The highest BCUT2D eigenvalue weighted by Gasteiger charge is 2.16.